The fraction of sp³-hybridized carbons (Fsp3) is 0.222. The van der Waals surface area contributed by atoms with Gasteiger partial charge in [-0.15, -0.1) is 0 Å². The van der Waals surface area contributed by atoms with Gasteiger partial charge in [-0.1, -0.05) is 49.7 Å². The molecule has 0 amide bonds. The maximum Gasteiger partial charge on any atom is 0.166 e. The molecular formula is C18H17F3. The molecule has 21 heavy (non-hydrogen) atoms. The Balaban J connectivity index is 2.34. The molecule has 0 aliphatic carbocycles. The molecule has 0 spiro atoms. The number of hydrogen-bond acceptors (Lipinski definition) is 0. The zero-order chi connectivity index (χ0) is 15.4. The summed E-state index contributed by atoms with van der Waals surface area (Å²) in [6, 6.07) is 10.5. The van der Waals surface area contributed by atoms with Crippen LogP contribution in [0.3, 0.4) is 0 Å². The summed E-state index contributed by atoms with van der Waals surface area (Å²) in [6.45, 7) is 3.63. The Morgan fingerprint density at radius 3 is 2.05 bits per heavy atom. The summed E-state index contributed by atoms with van der Waals surface area (Å²) in [5.41, 5.74) is 1.55. The van der Waals surface area contributed by atoms with E-state index in [4.69, 9.17) is 0 Å². The molecule has 0 atom stereocenters. The van der Waals surface area contributed by atoms with Crippen molar-refractivity contribution in [2.24, 2.45) is 0 Å². The second-order valence-corrected chi connectivity index (χ2v) is 5.04. The van der Waals surface area contributed by atoms with Gasteiger partial charge in [-0.3, -0.25) is 0 Å². The molecule has 0 saturated heterocycles. The molecule has 0 saturated carbocycles. The van der Waals surface area contributed by atoms with Crippen LogP contribution in [0.25, 0.3) is 11.7 Å². The lowest BCUT2D eigenvalue weighted by Crippen LogP contribution is -1.89. The van der Waals surface area contributed by atoms with Gasteiger partial charge in [0.2, 0.25) is 0 Å². The molecule has 2 rings (SSSR count). The minimum atomic E-state index is -1.04. The second kappa shape index (κ2) is 6.61. The Morgan fingerprint density at radius 2 is 1.48 bits per heavy atom. The molecule has 0 N–H and O–H groups in total. The first kappa shape index (κ1) is 15.4. The van der Waals surface area contributed by atoms with E-state index >= 15 is 0 Å². The van der Waals surface area contributed by atoms with Crippen molar-refractivity contribution in [2.75, 3.05) is 0 Å². The van der Waals surface area contributed by atoms with Crippen molar-refractivity contribution in [3.05, 3.63) is 70.5 Å². The standard InChI is InChI=1S/C18H17F3/c1-3-4-13-6-9-14(10-7-13)17(20)18(21)15-8-5-12(2)16(19)11-15/h5-11H,3-4H2,1-2H3/b18-17+. The molecule has 0 bridgehead atoms. The predicted molar refractivity (Wildman–Crippen MR) is 80.6 cm³/mol. The van der Waals surface area contributed by atoms with Gasteiger partial charge < -0.3 is 0 Å². The van der Waals surface area contributed by atoms with E-state index < -0.39 is 17.5 Å². The third-order valence-electron chi connectivity index (χ3n) is 3.36. The number of benzene rings is 2. The van der Waals surface area contributed by atoms with Gasteiger partial charge in [-0.25, -0.2) is 13.2 Å². The quantitative estimate of drug-likeness (QED) is 0.619. The van der Waals surface area contributed by atoms with E-state index in [1.54, 1.807) is 31.2 Å². The average molecular weight is 290 g/mol. The Labute approximate surface area is 122 Å². The van der Waals surface area contributed by atoms with Gasteiger partial charge >= 0.3 is 0 Å². The Bertz CT molecular complexity index is 655. The Kier molecular flexibility index (Phi) is 4.84. The van der Waals surface area contributed by atoms with Crippen LogP contribution in [0.4, 0.5) is 13.2 Å². The number of hydrogen-bond donors (Lipinski definition) is 0. The summed E-state index contributed by atoms with van der Waals surface area (Å²) in [4.78, 5) is 0. The van der Waals surface area contributed by atoms with Crippen molar-refractivity contribution in [3.8, 4) is 0 Å². The SMILES string of the molecule is CCCc1ccc(/C(F)=C(\F)c2ccc(C)c(F)c2)cc1. The van der Waals surface area contributed by atoms with Crippen molar-refractivity contribution in [1.29, 1.82) is 0 Å². The van der Waals surface area contributed by atoms with Crippen LogP contribution in [0.2, 0.25) is 0 Å². The first-order chi connectivity index (χ1) is 10.0. The molecule has 0 unspecified atom stereocenters. The van der Waals surface area contributed by atoms with E-state index in [1.807, 2.05) is 0 Å². The Hall–Kier alpha value is -2.03. The minimum Gasteiger partial charge on any atom is -0.207 e. The molecule has 0 heterocycles. The minimum absolute atomic E-state index is 0.0896. The molecule has 0 aromatic heterocycles. The van der Waals surface area contributed by atoms with Crippen molar-refractivity contribution in [3.63, 3.8) is 0 Å². The number of halogens is 3. The third kappa shape index (κ3) is 3.54. The smallest absolute Gasteiger partial charge is 0.166 e. The van der Waals surface area contributed by atoms with E-state index in [0.29, 0.717) is 5.56 Å². The predicted octanol–water partition coefficient (Wildman–Crippen LogP) is 5.85. The van der Waals surface area contributed by atoms with Gasteiger partial charge in [0.15, 0.2) is 11.7 Å². The first-order valence-corrected chi connectivity index (χ1v) is 6.94. The first-order valence-electron chi connectivity index (χ1n) is 6.94. The number of rotatable bonds is 4. The van der Waals surface area contributed by atoms with E-state index in [0.717, 1.165) is 24.5 Å². The molecule has 0 nitrogen and oxygen atoms in total. The highest BCUT2D eigenvalue weighted by molar-refractivity contribution is 5.83. The third-order valence-corrected chi connectivity index (χ3v) is 3.36. The molecule has 110 valence electrons. The molecule has 0 fully saturated rings. The monoisotopic (exact) mass is 290 g/mol. The van der Waals surface area contributed by atoms with Gasteiger partial charge in [-0.2, -0.15) is 0 Å². The van der Waals surface area contributed by atoms with Crippen LogP contribution in [0.5, 0.6) is 0 Å². The lowest BCUT2D eigenvalue weighted by atomic mass is 10.0. The molecular weight excluding hydrogens is 273 g/mol. The van der Waals surface area contributed by atoms with E-state index in [2.05, 4.69) is 6.92 Å². The average Bonchev–Trinajstić information content (AvgIpc) is 2.50. The fourth-order valence-electron chi connectivity index (χ4n) is 2.09. The normalized spacial score (nSPS) is 12.2. The van der Waals surface area contributed by atoms with Gasteiger partial charge in [0, 0.05) is 11.1 Å². The highest BCUT2D eigenvalue weighted by atomic mass is 19.2. The molecule has 0 aliphatic rings. The summed E-state index contributed by atoms with van der Waals surface area (Å²) < 4.78 is 41.7. The highest BCUT2D eigenvalue weighted by Gasteiger charge is 2.12. The van der Waals surface area contributed by atoms with Gasteiger partial charge in [0.05, 0.1) is 0 Å². The maximum absolute atomic E-state index is 14.1. The van der Waals surface area contributed by atoms with Crippen LogP contribution in [0.15, 0.2) is 42.5 Å². The molecule has 2 aromatic carbocycles. The van der Waals surface area contributed by atoms with Gasteiger partial charge in [0.25, 0.3) is 0 Å². The van der Waals surface area contributed by atoms with Gasteiger partial charge in [-0.05, 0) is 30.5 Å². The highest BCUT2D eigenvalue weighted by Crippen LogP contribution is 2.29. The van der Waals surface area contributed by atoms with Crippen LogP contribution in [0.1, 0.15) is 35.6 Å². The van der Waals surface area contributed by atoms with Crippen LogP contribution >= 0.6 is 0 Å². The van der Waals surface area contributed by atoms with Crippen LogP contribution in [0, 0.1) is 12.7 Å². The Morgan fingerprint density at radius 1 is 0.905 bits per heavy atom. The summed E-state index contributed by atoms with van der Waals surface area (Å²) in [5, 5.41) is 0. The lowest BCUT2D eigenvalue weighted by Gasteiger charge is -2.05. The van der Waals surface area contributed by atoms with Crippen molar-refractivity contribution >= 4 is 11.7 Å². The molecule has 0 aliphatic heterocycles. The van der Waals surface area contributed by atoms with E-state index in [-0.39, 0.29) is 11.1 Å². The summed E-state index contributed by atoms with van der Waals surface area (Å²) in [5.74, 6) is -2.56. The summed E-state index contributed by atoms with van der Waals surface area (Å²) in [6.07, 6.45) is 1.89. The maximum atomic E-state index is 14.1. The second-order valence-electron chi connectivity index (χ2n) is 5.04. The van der Waals surface area contributed by atoms with Crippen molar-refractivity contribution < 1.29 is 13.2 Å². The van der Waals surface area contributed by atoms with Gasteiger partial charge in [0.1, 0.15) is 5.82 Å². The molecule has 0 radical (unpaired) electrons. The fourth-order valence-corrected chi connectivity index (χ4v) is 2.09. The van der Waals surface area contributed by atoms with Crippen LogP contribution in [-0.2, 0) is 6.42 Å². The topological polar surface area (TPSA) is 0 Å². The zero-order valence-corrected chi connectivity index (χ0v) is 12.1. The van der Waals surface area contributed by atoms with E-state index in [9.17, 15) is 13.2 Å². The van der Waals surface area contributed by atoms with Crippen molar-refractivity contribution in [1.82, 2.24) is 0 Å². The lowest BCUT2D eigenvalue weighted by molar-refractivity contribution is 0.616. The summed E-state index contributed by atoms with van der Waals surface area (Å²) >= 11 is 0. The largest absolute Gasteiger partial charge is 0.207 e. The number of aryl methyl sites for hydroxylation is 2. The molecule has 3 heteroatoms. The summed E-state index contributed by atoms with van der Waals surface area (Å²) in [7, 11) is 0. The zero-order valence-electron chi connectivity index (χ0n) is 12.1. The van der Waals surface area contributed by atoms with Crippen LogP contribution in [-0.4, -0.2) is 0 Å². The van der Waals surface area contributed by atoms with Crippen molar-refractivity contribution in [2.45, 2.75) is 26.7 Å². The molecule has 2 aromatic rings. The van der Waals surface area contributed by atoms with Crippen LogP contribution < -0.4 is 0 Å². The van der Waals surface area contributed by atoms with E-state index in [1.165, 1.54) is 12.1 Å².